The number of nitro groups is 1. The Kier molecular flexibility index (Phi) is 4.02. The normalized spacial score (nSPS) is 13.0. The Morgan fingerprint density at radius 2 is 1.86 bits per heavy atom. The van der Waals surface area contributed by atoms with Crippen molar-refractivity contribution >= 4 is 23.3 Å². The van der Waals surface area contributed by atoms with Crippen molar-refractivity contribution in [1.82, 2.24) is 0 Å². The van der Waals surface area contributed by atoms with E-state index in [-0.39, 0.29) is 36.1 Å². The van der Waals surface area contributed by atoms with Crippen LogP contribution in [0.2, 0.25) is 0 Å². The smallest absolute Gasteiger partial charge is 0.328 e. The summed E-state index contributed by atoms with van der Waals surface area (Å²) in [6.45, 7) is 0.564. The molecule has 1 aromatic carbocycles. The first-order chi connectivity index (χ1) is 9.97. The third-order valence-corrected chi connectivity index (χ3v) is 2.49. The summed E-state index contributed by atoms with van der Waals surface area (Å²) in [7, 11) is 0. The van der Waals surface area contributed by atoms with Gasteiger partial charge in [0.25, 0.3) is 5.69 Å². The summed E-state index contributed by atoms with van der Waals surface area (Å²) in [6, 6.07) is 2.41. The number of aliphatic carboxylic acids is 1. The van der Waals surface area contributed by atoms with Gasteiger partial charge in [0.2, 0.25) is 5.91 Å². The molecule has 0 saturated heterocycles. The van der Waals surface area contributed by atoms with Gasteiger partial charge in [-0.25, -0.2) is 4.79 Å². The van der Waals surface area contributed by atoms with Crippen LogP contribution in [0.1, 0.15) is 0 Å². The molecule has 0 bridgehead atoms. The molecule has 1 heterocycles. The van der Waals surface area contributed by atoms with E-state index < -0.39 is 16.8 Å². The van der Waals surface area contributed by atoms with Crippen LogP contribution in [0.15, 0.2) is 24.3 Å². The molecule has 0 radical (unpaired) electrons. The highest BCUT2D eigenvalue weighted by molar-refractivity contribution is 6.03. The van der Waals surface area contributed by atoms with Crippen LogP contribution in [-0.2, 0) is 9.59 Å². The molecule has 2 N–H and O–H groups in total. The van der Waals surface area contributed by atoms with Gasteiger partial charge in [0.15, 0.2) is 11.5 Å². The van der Waals surface area contributed by atoms with Crippen molar-refractivity contribution in [2.45, 2.75) is 0 Å². The lowest BCUT2D eigenvalue weighted by Gasteiger charge is -2.19. The lowest BCUT2D eigenvalue weighted by molar-refractivity contribution is -0.384. The van der Waals surface area contributed by atoms with Crippen molar-refractivity contribution in [2.75, 3.05) is 18.5 Å². The quantitative estimate of drug-likeness (QED) is 0.480. The molecule has 110 valence electrons. The molecule has 21 heavy (non-hydrogen) atoms. The minimum atomic E-state index is -1.30. The van der Waals surface area contributed by atoms with E-state index in [2.05, 4.69) is 5.32 Å². The van der Waals surface area contributed by atoms with Crippen LogP contribution < -0.4 is 14.8 Å². The number of hydrogen-bond acceptors (Lipinski definition) is 6. The maximum absolute atomic E-state index is 11.5. The fourth-order valence-corrected chi connectivity index (χ4v) is 1.65. The number of carbonyl (C=O) groups excluding carboxylic acids is 1. The average molecular weight is 294 g/mol. The summed E-state index contributed by atoms with van der Waals surface area (Å²) in [5.74, 6) is -1.63. The number of carboxylic acid groups (broad SMARTS) is 1. The predicted octanol–water partition coefficient (Wildman–Crippen LogP) is 0.945. The van der Waals surface area contributed by atoms with Crippen molar-refractivity contribution in [2.24, 2.45) is 0 Å². The van der Waals surface area contributed by atoms with Crippen molar-refractivity contribution in [3.63, 3.8) is 0 Å². The SMILES string of the molecule is O=C(O)/C=C/C(=O)Nc1cc2c(cc1[N+](=O)[O-])OCCO2. The molecular formula is C12H10N2O7. The molecule has 1 amide bonds. The molecule has 0 spiro atoms. The van der Waals surface area contributed by atoms with Gasteiger partial charge in [-0.1, -0.05) is 0 Å². The molecule has 0 unspecified atom stereocenters. The molecule has 2 rings (SSSR count). The van der Waals surface area contributed by atoms with E-state index in [1.54, 1.807) is 0 Å². The monoisotopic (exact) mass is 294 g/mol. The second-order valence-electron chi connectivity index (χ2n) is 3.93. The summed E-state index contributed by atoms with van der Waals surface area (Å²) < 4.78 is 10.5. The number of hydrogen-bond donors (Lipinski definition) is 2. The maximum atomic E-state index is 11.5. The Morgan fingerprint density at radius 1 is 1.24 bits per heavy atom. The molecule has 0 aliphatic carbocycles. The van der Waals surface area contributed by atoms with Gasteiger partial charge in [-0.2, -0.15) is 0 Å². The van der Waals surface area contributed by atoms with E-state index in [9.17, 15) is 19.7 Å². The van der Waals surface area contributed by atoms with Crippen LogP contribution in [0, 0.1) is 10.1 Å². The molecule has 1 aliphatic heterocycles. The van der Waals surface area contributed by atoms with Gasteiger partial charge in [-0.3, -0.25) is 14.9 Å². The van der Waals surface area contributed by atoms with Gasteiger partial charge in [-0.05, 0) is 0 Å². The number of fused-ring (bicyclic) bond motifs is 1. The van der Waals surface area contributed by atoms with Crippen LogP contribution in [0.25, 0.3) is 0 Å². The molecule has 1 aliphatic rings. The zero-order chi connectivity index (χ0) is 15.4. The molecule has 0 aromatic heterocycles. The number of anilines is 1. The van der Waals surface area contributed by atoms with Crippen LogP contribution in [0.3, 0.4) is 0 Å². The lowest BCUT2D eigenvalue weighted by atomic mass is 10.2. The van der Waals surface area contributed by atoms with Crippen LogP contribution in [0.4, 0.5) is 11.4 Å². The van der Waals surface area contributed by atoms with E-state index in [0.717, 1.165) is 12.1 Å². The minimum Gasteiger partial charge on any atom is -0.486 e. The number of nitro benzene ring substituents is 1. The number of benzene rings is 1. The van der Waals surface area contributed by atoms with E-state index >= 15 is 0 Å². The van der Waals surface area contributed by atoms with Gasteiger partial charge in [0.1, 0.15) is 18.9 Å². The van der Waals surface area contributed by atoms with Crippen LogP contribution >= 0.6 is 0 Å². The van der Waals surface area contributed by atoms with Crippen molar-refractivity contribution in [3.8, 4) is 11.5 Å². The molecule has 9 nitrogen and oxygen atoms in total. The number of nitrogens with zero attached hydrogens (tertiary/aromatic N) is 1. The van der Waals surface area contributed by atoms with E-state index in [0.29, 0.717) is 6.08 Å². The standard InChI is InChI=1S/C12H10N2O7/c15-11(1-2-12(16)17)13-7-5-9-10(21-4-3-20-9)6-8(7)14(18)19/h1-2,5-6H,3-4H2,(H,13,15)(H,16,17)/b2-1+. The molecule has 1 aromatic rings. The van der Waals surface area contributed by atoms with Crippen LogP contribution in [0.5, 0.6) is 11.5 Å². The average Bonchev–Trinajstić information content (AvgIpc) is 2.44. The first-order valence-electron chi connectivity index (χ1n) is 5.77. The second kappa shape index (κ2) is 5.90. The highest BCUT2D eigenvalue weighted by atomic mass is 16.6. The second-order valence-corrected chi connectivity index (χ2v) is 3.93. The maximum Gasteiger partial charge on any atom is 0.328 e. The summed E-state index contributed by atoms with van der Waals surface area (Å²) in [6.07, 6.45) is 1.38. The molecule has 0 fully saturated rings. The van der Waals surface area contributed by atoms with Gasteiger partial charge < -0.3 is 19.9 Å². The largest absolute Gasteiger partial charge is 0.486 e. The predicted molar refractivity (Wildman–Crippen MR) is 69.5 cm³/mol. The minimum absolute atomic E-state index is 0.107. The number of rotatable bonds is 4. The molecular weight excluding hydrogens is 284 g/mol. The highest BCUT2D eigenvalue weighted by Gasteiger charge is 2.23. The van der Waals surface area contributed by atoms with Gasteiger partial charge in [0.05, 0.1) is 11.0 Å². The Hall–Kier alpha value is -3.10. The Balaban J connectivity index is 2.31. The summed E-state index contributed by atoms with van der Waals surface area (Å²) >= 11 is 0. The number of amides is 1. The first kappa shape index (κ1) is 14.3. The zero-order valence-electron chi connectivity index (χ0n) is 10.6. The van der Waals surface area contributed by atoms with E-state index in [1.165, 1.54) is 6.07 Å². The van der Waals surface area contributed by atoms with Crippen molar-refractivity contribution < 1.29 is 29.1 Å². The molecule has 9 heteroatoms. The number of carbonyl (C=O) groups is 2. The van der Waals surface area contributed by atoms with E-state index in [1.807, 2.05) is 0 Å². The summed E-state index contributed by atoms with van der Waals surface area (Å²) in [4.78, 5) is 32.1. The Bertz CT molecular complexity index is 639. The number of carboxylic acids is 1. The van der Waals surface area contributed by atoms with Gasteiger partial charge >= 0.3 is 5.97 Å². The van der Waals surface area contributed by atoms with Crippen molar-refractivity contribution in [1.29, 1.82) is 0 Å². The fourth-order valence-electron chi connectivity index (χ4n) is 1.65. The van der Waals surface area contributed by atoms with Gasteiger partial charge in [0, 0.05) is 18.2 Å². The lowest BCUT2D eigenvalue weighted by Crippen LogP contribution is -2.17. The van der Waals surface area contributed by atoms with E-state index in [4.69, 9.17) is 14.6 Å². The highest BCUT2D eigenvalue weighted by Crippen LogP contribution is 2.39. The fraction of sp³-hybridized carbons (Fsp3) is 0.167. The Labute approximate surface area is 117 Å². The summed E-state index contributed by atoms with van der Waals surface area (Å²) in [5.41, 5.74) is -0.486. The van der Waals surface area contributed by atoms with Gasteiger partial charge in [-0.15, -0.1) is 0 Å². The topological polar surface area (TPSA) is 128 Å². The van der Waals surface area contributed by atoms with Crippen molar-refractivity contribution in [3.05, 3.63) is 34.4 Å². The first-order valence-corrected chi connectivity index (χ1v) is 5.77. The summed E-state index contributed by atoms with van der Waals surface area (Å²) in [5, 5.41) is 21.6. The molecule has 0 atom stereocenters. The Morgan fingerprint density at radius 3 is 2.43 bits per heavy atom. The van der Waals surface area contributed by atoms with Crippen LogP contribution in [-0.4, -0.2) is 35.1 Å². The zero-order valence-corrected chi connectivity index (χ0v) is 10.6. The molecule has 0 saturated carbocycles. The third kappa shape index (κ3) is 3.47. The number of nitrogens with one attached hydrogen (secondary N) is 1. The number of ether oxygens (including phenoxy) is 2. The third-order valence-electron chi connectivity index (χ3n) is 2.49.